The van der Waals surface area contributed by atoms with E-state index >= 15 is 0 Å². The van der Waals surface area contributed by atoms with Gasteiger partial charge in [0.05, 0.1) is 11.7 Å². The van der Waals surface area contributed by atoms with Crippen LogP contribution in [0.15, 0.2) is 30.9 Å². The molecule has 1 aromatic carbocycles. The van der Waals surface area contributed by atoms with Crippen LogP contribution >= 0.6 is 0 Å². The Balaban J connectivity index is 1.83. The number of hydrogen-bond acceptors (Lipinski definition) is 4. The Kier molecular flexibility index (Phi) is 5.55. The summed E-state index contributed by atoms with van der Waals surface area (Å²) in [4.78, 5) is 16.6. The van der Waals surface area contributed by atoms with Gasteiger partial charge in [0.2, 0.25) is 0 Å². The smallest absolute Gasteiger partial charge is 0.254 e. The SMILES string of the molecule is CO[C@@H]1[C@@H](Cn2cncn2)[C@H](NC(=O)c2ccc(F)cc2F)CCC1(C)C. The number of rotatable bonds is 5. The molecule has 1 N–H and O–H groups in total. The second kappa shape index (κ2) is 7.72. The predicted molar refractivity (Wildman–Crippen MR) is 94.9 cm³/mol. The van der Waals surface area contributed by atoms with Crippen molar-refractivity contribution in [2.75, 3.05) is 7.11 Å². The summed E-state index contributed by atoms with van der Waals surface area (Å²) in [7, 11) is 1.66. The second-order valence-corrected chi connectivity index (χ2v) is 7.67. The third-order valence-corrected chi connectivity index (χ3v) is 5.39. The van der Waals surface area contributed by atoms with E-state index in [0.29, 0.717) is 12.6 Å². The van der Waals surface area contributed by atoms with Crippen LogP contribution in [-0.4, -0.2) is 39.9 Å². The maximum absolute atomic E-state index is 14.0. The number of carbonyl (C=O) groups is 1. The Labute approximate surface area is 156 Å². The number of halogens is 2. The van der Waals surface area contributed by atoms with E-state index in [1.165, 1.54) is 6.33 Å². The molecule has 27 heavy (non-hydrogen) atoms. The summed E-state index contributed by atoms with van der Waals surface area (Å²) >= 11 is 0. The lowest BCUT2D eigenvalue weighted by Crippen LogP contribution is -2.55. The van der Waals surface area contributed by atoms with E-state index in [4.69, 9.17) is 4.74 Å². The molecule has 1 aliphatic carbocycles. The maximum atomic E-state index is 14.0. The fourth-order valence-electron chi connectivity index (χ4n) is 4.03. The lowest BCUT2D eigenvalue weighted by molar-refractivity contribution is -0.0792. The number of benzene rings is 1. The first-order valence-corrected chi connectivity index (χ1v) is 8.93. The van der Waals surface area contributed by atoms with Crippen molar-refractivity contribution in [2.24, 2.45) is 11.3 Å². The van der Waals surface area contributed by atoms with Gasteiger partial charge in [-0.15, -0.1) is 0 Å². The second-order valence-electron chi connectivity index (χ2n) is 7.67. The fraction of sp³-hybridized carbons (Fsp3) is 0.526. The monoisotopic (exact) mass is 378 g/mol. The summed E-state index contributed by atoms with van der Waals surface area (Å²) in [5.74, 6) is -2.23. The number of hydrogen-bond donors (Lipinski definition) is 1. The van der Waals surface area contributed by atoms with Gasteiger partial charge in [0.1, 0.15) is 24.3 Å². The average molecular weight is 378 g/mol. The van der Waals surface area contributed by atoms with E-state index < -0.39 is 17.5 Å². The van der Waals surface area contributed by atoms with Gasteiger partial charge in [0.25, 0.3) is 5.91 Å². The molecule has 1 saturated carbocycles. The van der Waals surface area contributed by atoms with Gasteiger partial charge < -0.3 is 10.1 Å². The van der Waals surface area contributed by atoms with Crippen molar-refractivity contribution in [2.45, 2.75) is 45.4 Å². The topological polar surface area (TPSA) is 69.0 Å². The van der Waals surface area contributed by atoms with Gasteiger partial charge in [0, 0.05) is 31.7 Å². The van der Waals surface area contributed by atoms with E-state index in [9.17, 15) is 13.6 Å². The van der Waals surface area contributed by atoms with E-state index in [2.05, 4.69) is 29.2 Å². The van der Waals surface area contributed by atoms with E-state index in [1.807, 2.05) is 0 Å². The van der Waals surface area contributed by atoms with Crippen LogP contribution < -0.4 is 5.32 Å². The summed E-state index contributed by atoms with van der Waals surface area (Å²) in [6, 6.07) is 2.72. The molecule has 0 saturated heterocycles. The van der Waals surface area contributed by atoms with E-state index in [-0.39, 0.29) is 29.0 Å². The molecule has 1 amide bonds. The molecule has 2 aromatic rings. The minimum absolute atomic E-state index is 0.0760. The van der Waals surface area contributed by atoms with Crippen molar-refractivity contribution in [3.8, 4) is 0 Å². The predicted octanol–water partition coefficient (Wildman–Crippen LogP) is 2.81. The summed E-state index contributed by atoms with van der Waals surface area (Å²) in [5, 5.41) is 7.08. The summed E-state index contributed by atoms with van der Waals surface area (Å²) in [6.07, 6.45) is 4.51. The minimum Gasteiger partial charge on any atom is -0.380 e. The Morgan fingerprint density at radius 1 is 1.41 bits per heavy atom. The molecular formula is C19H24F2N4O2. The third kappa shape index (κ3) is 4.16. The van der Waals surface area contributed by atoms with Gasteiger partial charge in [-0.25, -0.2) is 13.8 Å². The largest absolute Gasteiger partial charge is 0.380 e. The standard InChI is InChI=1S/C19H24F2N4O2/c1-19(2)7-6-16(14(17(19)27-3)9-25-11-22-10-23-25)24-18(26)13-5-4-12(20)8-15(13)21/h4-5,8,10-11,14,16-17H,6-7,9H2,1-3H3,(H,24,26)/t14-,16+,17+/m0/s1. The van der Waals surface area contributed by atoms with Crippen LogP contribution in [0.1, 0.15) is 37.0 Å². The Bertz CT molecular complexity index is 795. The number of nitrogens with one attached hydrogen (secondary N) is 1. The zero-order valence-electron chi connectivity index (χ0n) is 15.7. The van der Waals surface area contributed by atoms with Crippen molar-refractivity contribution < 1.29 is 18.3 Å². The van der Waals surface area contributed by atoms with Gasteiger partial charge in [-0.2, -0.15) is 5.10 Å². The number of nitrogens with zero attached hydrogens (tertiary/aromatic N) is 3. The van der Waals surface area contributed by atoms with Gasteiger partial charge in [0.15, 0.2) is 0 Å². The lowest BCUT2D eigenvalue weighted by Gasteiger charge is -2.47. The highest BCUT2D eigenvalue weighted by atomic mass is 19.1. The number of methoxy groups -OCH3 is 1. The highest BCUT2D eigenvalue weighted by Crippen LogP contribution is 2.41. The van der Waals surface area contributed by atoms with Gasteiger partial charge in [-0.3, -0.25) is 9.48 Å². The molecule has 1 heterocycles. The average Bonchev–Trinajstić information content (AvgIpc) is 3.10. The Morgan fingerprint density at radius 2 is 2.19 bits per heavy atom. The van der Waals surface area contributed by atoms with Gasteiger partial charge in [-0.1, -0.05) is 13.8 Å². The molecule has 1 aliphatic rings. The van der Waals surface area contributed by atoms with Crippen LogP contribution in [0.2, 0.25) is 0 Å². The molecule has 0 radical (unpaired) electrons. The molecule has 1 fully saturated rings. The van der Waals surface area contributed by atoms with Crippen molar-refractivity contribution in [1.82, 2.24) is 20.1 Å². The fourth-order valence-corrected chi connectivity index (χ4v) is 4.03. The first-order chi connectivity index (χ1) is 12.8. The van der Waals surface area contributed by atoms with Gasteiger partial charge in [-0.05, 0) is 30.4 Å². The summed E-state index contributed by atoms with van der Waals surface area (Å²) in [5.41, 5.74) is -0.253. The molecule has 0 spiro atoms. The molecule has 0 bridgehead atoms. The molecule has 0 unspecified atom stereocenters. The number of ether oxygens (including phenoxy) is 1. The number of aromatic nitrogens is 3. The van der Waals surface area contributed by atoms with Crippen LogP contribution in [0.4, 0.5) is 8.78 Å². The first kappa shape index (κ1) is 19.4. The lowest BCUT2D eigenvalue weighted by atomic mass is 9.67. The molecule has 3 atom stereocenters. The van der Waals surface area contributed by atoms with Crippen LogP contribution in [-0.2, 0) is 11.3 Å². The number of carbonyl (C=O) groups excluding carboxylic acids is 1. The molecule has 1 aromatic heterocycles. The van der Waals surface area contributed by atoms with Crippen molar-refractivity contribution in [3.63, 3.8) is 0 Å². The van der Waals surface area contributed by atoms with Crippen LogP contribution in [0, 0.1) is 23.0 Å². The van der Waals surface area contributed by atoms with Crippen molar-refractivity contribution in [3.05, 3.63) is 48.1 Å². The zero-order valence-corrected chi connectivity index (χ0v) is 15.7. The normalized spacial score (nSPS) is 24.6. The Hall–Kier alpha value is -2.35. The first-order valence-electron chi connectivity index (χ1n) is 8.93. The van der Waals surface area contributed by atoms with Crippen molar-refractivity contribution in [1.29, 1.82) is 0 Å². The third-order valence-electron chi connectivity index (χ3n) is 5.39. The summed E-state index contributed by atoms with van der Waals surface area (Å²) in [6.45, 7) is 4.78. The van der Waals surface area contributed by atoms with Crippen molar-refractivity contribution >= 4 is 5.91 Å². The number of amides is 1. The van der Waals surface area contributed by atoms with Crippen LogP contribution in [0.25, 0.3) is 0 Å². The van der Waals surface area contributed by atoms with E-state index in [0.717, 1.165) is 25.0 Å². The van der Waals surface area contributed by atoms with Crippen LogP contribution in [0.3, 0.4) is 0 Å². The molecule has 3 rings (SSSR count). The summed E-state index contributed by atoms with van der Waals surface area (Å²) < 4.78 is 34.6. The zero-order chi connectivity index (χ0) is 19.6. The Morgan fingerprint density at radius 3 is 2.81 bits per heavy atom. The minimum atomic E-state index is -0.875. The quantitative estimate of drug-likeness (QED) is 0.869. The van der Waals surface area contributed by atoms with Gasteiger partial charge >= 0.3 is 0 Å². The maximum Gasteiger partial charge on any atom is 0.254 e. The highest BCUT2D eigenvalue weighted by molar-refractivity contribution is 5.94. The molecule has 8 heteroatoms. The molecule has 146 valence electrons. The highest BCUT2D eigenvalue weighted by Gasteiger charge is 2.45. The van der Waals surface area contributed by atoms with Crippen LogP contribution in [0.5, 0.6) is 0 Å². The van der Waals surface area contributed by atoms with E-state index in [1.54, 1.807) is 18.1 Å². The molecule has 0 aliphatic heterocycles. The molecular weight excluding hydrogens is 354 g/mol. The molecule has 6 nitrogen and oxygen atoms in total.